The molecule has 2 nitrogen and oxygen atoms in total. The number of aryl methyl sites for hydroxylation is 1. The Morgan fingerprint density at radius 1 is 1.39 bits per heavy atom. The molecule has 0 saturated heterocycles. The van der Waals surface area contributed by atoms with E-state index in [9.17, 15) is 0 Å². The molecule has 0 amide bonds. The van der Waals surface area contributed by atoms with Crippen molar-refractivity contribution in [2.24, 2.45) is 5.92 Å². The molecule has 1 aromatic heterocycles. The van der Waals surface area contributed by atoms with Gasteiger partial charge >= 0.3 is 0 Å². The fraction of sp³-hybridized carbons (Fsp3) is 0.438. The molecule has 0 spiro atoms. The number of benzene rings is 1. The lowest BCUT2D eigenvalue weighted by atomic mass is 9.94. The predicted molar refractivity (Wildman–Crippen MR) is 73.7 cm³/mol. The summed E-state index contributed by atoms with van der Waals surface area (Å²) in [6.45, 7) is 4.55. The molecule has 0 fully saturated rings. The second-order valence-corrected chi connectivity index (χ2v) is 5.72. The first-order chi connectivity index (χ1) is 8.74. The van der Waals surface area contributed by atoms with Crippen LogP contribution >= 0.6 is 0 Å². The van der Waals surface area contributed by atoms with E-state index < -0.39 is 0 Å². The predicted octanol–water partition coefficient (Wildman–Crippen LogP) is 3.69. The van der Waals surface area contributed by atoms with Gasteiger partial charge < -0.3 is 4.98 Å². The first kappa shape index (κ1) is 11.5. The van der Waals surface area contributed by atoms with Gasteiger partial charge in [-0.2, -0.15) is 0 Å². The maximum Gasteiger partial charge on any atom is 0.0923 e. The second kappa shape index (κ2) is 4.60. The lowest BCUT2D eigenvalue weighted by Crippen LogP contribution is -1.99. The molecular formula is C16H20N2. The summed E-state index contributed by atoms with van der Waals surface area (Å²) < 4.78 is 0. The van der Waals surface area contributed by atoms with E-state index in [4.69, 9.17) is 0 Å². The minimum absolute atomic E-state index is 0.498. The van der Waals surface area contributed by atoms with Crippen molar-refractivity contribution in [1.82, 2.24) is 9.97 Å². The lowest BCUT2D eigenvalue weighted by molar-refractivity contribution is 0.646. The van der Waals surface area contributed by atoms with Crippen LogP contribution < -0.4 is 0 Å². The van der Waals surface area contributed by atoms with Gasteiger partial charge in [0.05, 0.1) is 12.0 Å². The molecule has 2 aromatic rings. The lowest BCUT2D eigenvalue weighted by Gasteiger charge is -2.11. The number of imidazole rings is 1. The highest BCUT2D eigenvalue weighted by molar-refractivity contribution is 5.42. The van der Waals surface area contributed by atoms with E-state index in [1.165, 1.54) is 41.6 Å². The highest BCUT2D eigenvalue weighted by atomic mass is 14.9. The van der Waals surface area contributed by atoms with Crippen LogP contribution in [0, 0.1) is 5.92 Å². The molecule has 3 rings (SSSR count). The number of nitrogens with one attached hydrogen (secondary N) is 1. The van der Waals surface area contributed by atoms with Crippen LogP contribution in [-0.2, 0) is 12.8 Å². The highest BCUT2D eigenvalue weighted by Gasteiger charge is 2.25. The molecule has 1 N–H and O–H groups in total. The van der Waals surface area contributed by atoms with Crippen molar-refractivity contribution in [2.75, 3.05) is 0 Å². The SMILES string of the molecule is CC(C)Cc1ccc2c(c1)C(c1c[nH]cn1)CC2. The Morgan fingerprint density at radius 2 is 2.28 bits per heavy atom. The highest BCUT2D eigenvalue weighted by Crippen LogP contribution is 2.37. The van der Waals surface area contributed by atoms with Crippen LogP contribution in [0.15, 0.2) is 30.7 Å². The van der Waals surface area contributed by atoms with Gasteiger partial charge in [-0.05, 0) is 41.9 Å². The van der Waals surface area contributed by atoms with E-state index >= 15 is 0 Å². The van der Waals surface area contributed by atoms with Crippen LogP contribution in [0.3, 0.4) is 0 Å². The quantitative estimate of drug-likeness (QED) is 0.871. The summed E-state index contributed by atoms with van der Waals surface area (Å²) in [5.41, 5.74) is 5.66. The number of rotatable bonds is 3. The summed E-state index contributed by atoms with van der Waals surface area (Å²) in [6, 6.07) is 7.02. The topological polar surface area (TPSA) is 28.7 Å². The van der Waals surface area contributed by atoms with E-state index in [0.717, 1.165) is 0 Å². The summed E-state index contributed by atoms with van der Waals surface area (Å²) in [4.78, 5) is 7.51. The third kappa shape index (κ3) is 2.07. The summed E-state index contributed by atoms with van der Waals surface area (Å²) in [6.07, 6.45) is 7.38. The van der Waals surface area contributed by atoms with E-state index in [1.807, 2.05) is 6.20 Å². The minimum atomic E-state index is 0.498. The molecule has 1 heterocycles. The van der Waals surface area contributed by atoms with Crippen LogP contribution in [0.4, 0.5) is 0 Å². The Balaban J connectivity index is 1.94. The molecule has 1 aliphatic rings. The average Bonchev–Trinajstić information content (AvgIpc) is 2.94. The van der Waals surface area contributed by atoms with Gasteiger partial charge in [0, 0.05) is 12.1 Å². The van der Waals surface area contributed by atoms with Gasteiger partial charge in [-0.1, -0.05) is 32.0 Å². The summed E-state index contributed by atoms with van der Waals surface area (Å²) in [5.74, 6) is 1.21. The third-order valence-corrected chi connectivity index (χ3v) is 3.81. The van der Waals surface area contributed by atoms with E-state index in [0.29, 0.717) is 11.8 Å². The standard InChI is InChI=1S/C16H20N2/c1-11(2)7-12-3-4-13-5-6-14(15(13)8-12)16-9-17-10-18-16/h3-4,8-11,14H,5-7H2,1-2H3,(H,17,18). The number of fused-ring (bicyclic) bond motifs is 1. The Bertz CT molecular complexity index is 526. The number of aromatic amines is 1. The zero-order valence-corrected chi connectivity index (χ0v) is 11.1. The number of aromatic nitrogens is 2. The Labute approximate surface area is 108 Å². The zero-order chi connectivity index (χ0) is 12.5. The molecule has 94 valence electrons. The van der Waals surface area contributed by atoms with E-state index in [-0.39, 0.29) is 0 Å². The molecule has 18 heavy (non-hydrogen) atoms. The van der Waals surface area contributed by atoms with E-state index in [2.05, 4.69) is 42.0 Å². The molecule has 1 aromatic carbocycles. The molecule has 1 atom stereocenters. The van der Waals surface area contributed by atoms with Crippen molar-refractivity contribution in [2.45, 2.75) is 39.0 Å². The third-order valence-electron chi connectivity index (χ3n) is 3.81. The normalized spacial score (nSPS) is 18.3. The van der Waals surface area contributed by atoms with Crippen LogP contribution in [-0.4, -0.2) is 9.97 Å². The van der Waals surface area contributed by atoms with Gasteiger partial charge in [-0.3, -0.25) is 0 Å². The Morgan fingerprint density at radius 3 is 3.00 bits per heavy atom. The second-order valence-electron chi connectivity index (χ2n) is 5.72. The summed E-state index contributed by atoms with van der Waals surface area (Å²) in [7, 11) is 0. The number of hydrogen-bond donors (Lipinski definition) is 1. The smallest absolute Gasteiger partial charge is 0.0923 e. The molecule has 1 unspecified atom stereocenters. The van der Waals surface area contributed by atoms with Crippen molar-refractivity contribution in [3.63, 3.8) is 0 Å². The summed E-state index contributed by atoms with van der Waals surface area (Å²) >= 11 is 0. The van der Waals surface area contributed by atoms with Gasteiger partial charge in [0.15, 0.2) is 0 Å². The maximum atomic E-state index is 4.43. The molecular weight excluding hydrogens is 220 g/mol. The van der Waals surface area contributed by atoms with Crippen LogP contribution in [0.2, 0.25) is 0 Å². The largest absolute Gasteiger partial charge is 0.351 e. The van der Waals surface area contributed by atoms with Crippen LogP contribution in [0.25, 0.3) is 0 Å². The molecule has 0 saturated carbocycles. The average molecular weight is 240 g/mol. The molecule has 0 radical (unpaired) electrons. The van der Waals surface area contributed by atoms with E-state index in [1.54, 1.807) is 6.33 Å². The fourth-order valence-electron chi connectivity index (χ4n) is 3.02. The minimum Gasteiger partial charge on any atom is -0.351 e. The van der Waals surface area contributed by atoms with Crippen LogP contribution in [0.1, 0.15) is 48.6 Å². The van der Waals surface area contributed by atoms with Gasteiger partial charge in [0.25, 0.3) is 0 Å². The monoisotopic (exact) mass is 240 g/mol. The van der Waals surface area contributed by atoms with Crippen molar-refractivity contribution in [3.8, 4) is 0 Å². The van der Waals surface area contributed by atoms with Crippen molar-refractivity contribution in [3.05, 3.63) is 53.1 Å². The number of nitrogens with zero attached hydrogens (tertiary/aromatic N) is 1. The van der Waals surface area contributed by atoms with Gasteiger partial charge in [-0.15, -0.1) is 0 Å². The first-order valence-electron chi connectivity index (χ1n) is 6.84. The van der Waals surface area contributed by atoms with Gasteiger partial charge in [-0.25, -0.2) is 4.98 Å². The molecule has 0 aliphatic heterocycles. The fourth-order valence-corrected chi connectivity index (χ4v) is 3.02. The zero-order valence-electron chi connectivity index (χ0n) is 11.1. The van der Waals surface area contributed by atoms with Crippen LogP contribution in [0.5, 0.6) is 0 Å². The van der Waals surface area contributed by atoms with Gasteiger partial charge in [0.2, 0.25) is 0 Å². The molecule has 2 heteroatoms. The Hall–Kier alpha value is -1.57. The molecule has 1 aliphatic carbocycles. The van der Waals surface area contributed by atoms with Gasteiger partial charge in [0.1, 0.15) is 0 Å². The first-order valence-corrected chi connectivity index (χ1v) is 6.84. The van der Waals surface area contributed by atoms with Crippen molar-refractivity contribution in [1.29, 1.82) is 0 Å². The molecule has 0 bridgehead atoms. The van der Waals surface area contributed by atoms with Crippen molar-refractivity contribution >= 4 is 0 Å². The Kier molecular flexibility index (Phi) is 2.94. The summed E-state index contributed by atoms with van der Waals surface area (Å²) in [5, 5.41) is 0. The number of hydrogen-bond acceptors (Lipinski definition) is 1. The number of H-pyrrole nitrogens is 1. The maximum absolute atomic E-state index is 4.43. The van der Waals surface area contributed by atoms with Crippen molar-refractivity contribution < 1.29 is 0 Å².